The highest BCUT2D eigenvalue weighted by Crippen LogP contribution is 2.21. The summed E-state index contributed by atoms with van der Waals surface area (Å²) in [4.78, 5) is 15.6. The quantitative estimate of drug-likeness (QED) is 0.552. The van der Waals surface area contributed by atoms with Crippen molar-refractivity contribution >= 4 is 29.0 Å². The number of methoxy groups -OCH3 is 1. The molecule has 0 aliphatic carbocycles. The molecule has 3 aromatic rings. The highest BCUT2D eigenvalue weighted by Gasteiger charge is 2.16. The van der Waals surface area contributed by atoms with Gasteiger partial charge in [-0.15, -0.1) is 16.4 Å². The molecule has 0 saturated carbocycles. The van der Waals surface area contributed by atoms with Crippen molar-refractivity contribution in [3.63, 3.8) is 0 Å². The molecule has 0 atom stereocenters. The lowest BCUT2D eigenvalue weighted by atomic mass is 10.3. The third-order valence-corrected chi connectivity index (χ3v) is 5.51. The molecule has 2 aromatic heterocycles. The van der Waals surface area contributed by atoms with Crippen LogP contribution in [0.4, 0.5) is 0 Å². The van der Waals surface area contributed by atoms with Gasteiger partial charge >= 0.3 is 0 Å². The number of amides is 1. The van der Waals surface area contributed by atoms with Crippen molar-refractivity contribution in [2.45, 2.75) is 18.6 Å². The summed E-state index contributed by atoms with van der Waals surface area (Å²) in [7, 11) is 1.62. The molecule has 0 spiro atoms. The van der Waals surface area contributed by atoms with Crippen LogP contribution in [0.25, 0.3) is 5.69 Å². The van der Waals surface area contributed by atoms with E-state index in [0.29, 0.717) is 18.2 Å². The molecule has 0 saturated heterocycles. The lowest BCUT2D eigenvalue weighted by molar-refractivity contribution is -0.128. The maximum atomic E-state index is 12.5. The molecule has 0 bridgehead atoms. The summed E-state index contributed by atoms with van der Waals surface area (Å²) in [5, 5.41) is 14.4. The molecule has 136 valence electrons. The maximum absolute atomic E-state index is 12.5. The number of carbonyl (C=O) groups is 1. The van der Waals surface area contributed by atoms with E-state index in [-0.39, 0.29) is 11.7 Å². The van der Waals surface area contributed by atoms with Crippen molar-refractivity contribution < 1.29 is 9.53 Å². The number of hydrogen-bond acceptors (Lipinski definition) is 7. The van der Waals surface area contributed by atoms with Crippen molar-refractivity contribution in [1.82, 2.24) is 25.1 Å². The molecule has 26 heavy (non-hydrogen) atoms. The Bertz CT molecular complexity index is 833. The van der Waals surface area contributed by atoms with E-state index in [1.165, 1.54) is 16.6 Å². The van der Waals surface area contributed by atoms with Gasteiger partial charge in [0.15, 0.2) is 0 Å². The van der Waals surface area contributed by atoms with Crippen molar-refractivity contribution in [2.75, 3.05) is 19.4 Å². The van der Waals surface area contributed by atoms with Gasteiger partial charge in [-0.25, -0.2) is 0 Å². The van der Waals surface area contributed by atoms with Crippen LogP contribution in [0.5, 0.6) is 5.75 Å². The van der Waals surface area contributed by atoms with Gasteiger partial charge < -0.3 is 9.64 Å². The summed E-state index contributed by atoms with van der Waals surface area (Å²) < 4.78 is 6.78. The Labute approximate surface area is 160 Å². The molecule has 0 unspecified atom stereocenters. The average Bonchev–Trinajstić information content (AvgIpc) is 3.36. The van der Waals surface area contributed by atoms with Crippen molar-refractivity contribution in [3.8, 4) is 11.4 Å². The predicted molar refractivity (Wildman–Crippen MR) is 102 cm³/mol. The van der Waals surface area contributed by atoms with E-state index < -0.39 is 0 Å². The Balaban J connectivity index is 1.64. The molecule has 0 aliphatic heterocycles. The minimum Gasteiger partial charge on any atom is -0.497 e. The molecule has 3 rings (SSSR count). The Kier molecular flexibility index (Phi) is 6.24. The molecule has 7 nitrogen and oxygen atoms in total. The molecular formula is C17H19N5O2S2. The van der Waals surface area contributed by atoms with Gasteiger partial charge in [-0.2, -0.15) is 4.68 Å². The number of rotatable bonds is 8. The van der Waals surface area contributed by atoms with Gasteiger partial charge in [-0.3, -0.25) is 4.79 Å². The summed E-state index contributed by atoms with van der Waals surface area (Å²) >= 11 is 2.99. The van der Waals surface area contributed by atoms with E-state index in [0.717, 1.165) is 11.4 Å². The number of benzene rings is 1. The topological polar surface area (TPSA) is 73.1 Å². The van der Waals surface area contributed by atoms with Crippen LogP contribution in [0.2, 0.25) is 0 Å². The smallest absolute Gasteiger partial charge is 0.233 e. The Morgan fingerprint density at radius 2 is 2.12 bits per heavy atom. The molecule has 1 aromatic carbocycles. The second-order valence-corrected chi connectivity index (χ2v) is 7.32. The zero-order chi connectivity index (χ0) is 18.4. The summed E-state index contributed by atoms with van der Waals surface area (Å²) in [6.45, 7) is 3.29. The van der Waals surface area contributed by atoms with E-state index in [1.807, 2.05) is 53.6 Å². The first-order valence-corrected chi connectivity index (χ1v) is 9.93. The Hall–Kier alpha value is -2.39. The largest absolute Gasteiger partial charge is 0.497 e. The standard InChI is InChI=1S/C17H19N5O2S2/c1-3-21(11-15-5-4-10-25-15)16(23)12-26-17-18-19-20-22(17)13-6-8-14(24-2)9-7-13/h4-10H,3,11-12H2,1-2H3. The van der Waals surface area contributed by atoms with Crippen LogP contribution in [0, 0.1) is 0 Å². The molecule has 0 N–H and O–H groups in total. The van der Waals surface area contributed by atoms with E-state index in [2.05, 4.69) is 15.5 Å². The van der Waals surface area contributed by atoms with Crippen molar-refractivity contribution in [3.05, 3.63) is 46.7 Å². The minimum atomic E-state index is 0.0650. The molecule has 0 aliphatic rings. The molecule has 0 radical (unpaired) electrons. The molecule has 1 amide bonds. The number of hydrogen-bond donors (Lipinski definition) is 0. The summed E-state index contributed by atoms with van der Waals surface area (Å²) in [5.41, 5.74) is 0.816. The second-order valence-electron chi connectivity index (χ2n) is 5.35. The third-order valence-electron chi connectivity index (χ3n) is 3.74. The van der Waals surface area contributed by atoms with Gasteiger partial charge in [0.1, 0.15) is 5.75 Å². The van der Waals surface area contributed by atoms with Crippen LogP contribution < -0.4 is 4.74 Å². The number of nitrogens with zero attached hydrogens (tertiary/aromatic N) is 5. The first kappa shape index (κ1) is 18.4. The average molecular weight is 390 g/mol. The third kappa shape index (κ3) is 4.41. The molecule has 2 heterocycles. The van der Waals surface area contributed by atoms with Gasteiger partial charge in [-0.05, 0) is 53.1 Å². The van der Waals surface area contributed by atoms with Crippen molar-refractivity contribution in [1.29, 1.82) is 0 Å². The lowest BCUT2D eigenvalue weighted by Crippen LogP contribution is -2.31. The highest BCUT2D eigenvalue weighted by molar-refractivity contribution is 7.99. The van der Waals surface area contributed by atoms with Gasteiger partial charge in [0, 0.05) is 11.4 Å². The molecule has 9 heteroatoms. The maximum Gasteiger partial charge on any atom is 0.233 e. The van der Waals surface area contributed by atoms with Gasteiger partial charge in [0.2, 0.25) is 11.1 Å². The van der Waals surface area contributed by atoms with E-state index >= 15 is 0 Å². The van der Waals surface area contributed by atoms with Crippen LogP contribution in [-0.4, -0.2) is 50.4 Å². The first-order chi connectivity index (χ1) is 12.7. The van der Waals surface area contributed by atoms with E-state index in [9.17, 15) is 4.79 Å². The van der Waals surface area contributed by atoms with Gasteiger partial charge in [0.05, 0.1) is 25.1 Å². The normalized spacial score (nSPS) is 10.7. The monoisotopic (exact) mass is 389 g/mol. The van der Waals surface area contributed by atoms with Crippen LogP contribution in [0.15, 0.2) is 46.9 Å². The van der Waals surface area contributed by atoms with Gasteiger partial charge in [-0.1, -0.05) is 17.8 Å². The summed E-state index contributed by atoms with van der Waals surface area (Å²) in [6.07, 6.45) is 0. The molecular weight excluding hydrogens is 370 g/mol. The fourth-order valence-electron chi connectivity index (χ4n) is 2.34. The van der Waals surface area contributed by atoms with Crippen LogP contribution in [0.1, 0.15) is 11.8 Å². The fraction of sp³-hybridized carbons (Fsp3) is 0.294. The minimum absolute atomic E-state index is 0.0650. The van der Waals surface area contributed by atoms with Crippen LogP contribution in [0.3, 0.4) is 0 Å². The predicted octanol–water partition coefficient (Wildman–Crippen LogP) is 2.87. The molecule has 0 fully saturated rings. The highest BCUT2D eigenvalue weighted by atomic mass is 32.2. The van der Waals surface area contributed by atoms with E-state index in [4.69, 9.17) is 4.74 Å². The number of thioether (sulfide) groups is 1. The Morgan fingerprint density at radius 3 is 2.77 bits per heavy atom. The SMILES string of the molecule is CCN(Cc1cccs1)C(=O)CSc1nnnn1-c1ccc(OC)cc1. The van der Waals surface area contributed by atoms with Gasteiger partial charge in [0.25, 0.3) is 0 Å². The Morgan fingerprint density at radius 1 is 1.31 bits per heavy atom. The lowest BCUT2D eigenvalue weighted by Gasteiger charge is -2.19. The second kappa shape index (κ2) is 8.81. The number of tetrazole rings is 1. The van der Waals surface area contributed by atoms with Crippen LogP contribution >= 0.6 is 23.1 Å². The van der Waals surface area contributed by atoms with Crippen molar-refractivity contribution in [2.24, 2.45) is 0 Å². The zero-order valence-electron chi connectivity index (χ0n) is 14.5. The zero-order valence-corrected chi connectivity index (χ0v) is 16.2. The fourth-order valence-corrected chi connectivity index (χ4v) is 3.85. The number of thiophene rings is 1. The number of carbonyl (C=O) groups excluding carboxylic acids is 1. The summed E-state index contributed by atoms with van der Waals surface area (Å²) in [6, 6.07) is 11.5. The summed E-state index contributed by atoms with van der Waals surface area (Å²) in [5.74, 6) is 1.11. The number of aromatic nitrogens is 4. The van der Waals surface area contributed by atoms with E-state index in [1.54, 1.807) is 23.1 Å². The number of ether oxygens (including phenoxy) is 1. The first-order valence-electron chi connectivity index (χ1n) is 8.07. The van der Waals surface area contributed by atoms with Crippen LogP contribution in [-0.2, 0) is 11.3 Å².